The van der Waals surface area contributed by atoms with E-state index in [1.165, 1.54) is 0 Å². The Balaban J connectivity index is 1.22. The van der Waals surface area contributed by atoms with Crippen molar-refractivity contribution in [3.8, 4) is 16.8 Å². The Labute approximate surface area is 188 Å². The van der Waals surface area contributed by atoms with Gasteiger partial charge in [-0.1, -0.05) is 18.2 Å². The molecule has 1 atom stereocenters. The summed E-state index contributed by atoms with van der Waals surface area (Å²) in [5.74, 6) is 1.61. The van der Waals surface area contributed by atoms with Gasteiger partial charge in [0.15, 0.2) is 0 Å². The van der Waals surface area contributed by atoms with E-state index in [-0.39, 0.29) is 11.6 Å². The van der Waals surface area contributed by atoms with Gasteiger partial charge in [0.1, 0.15) is 5.82 Å². The van der Waals surface area contributed by atoms with Gasteiger partial charge in [-0.15, -0.1) is 11.3 Å². The standard InChI is InChI=1S/C24H23N5O2S/c30-23(17-1-2-17)28-10-9-15(13-28)11-22-26-27-24(31)29(22)19-6-3-16(4-7-19)18-5-8-20-21(12-18)32-14-25-20/h3-8,12,14-15,17H,1-2,9-11,13H2,(H,27,31). The van der Waals surface area contributed by atoms with Crippen molar-refractivity contribution in [3.63, 3.8) is 0 Å². The minimum absolute atomic E-state index is 0.234. The third-order valence-electron chi connectivity index (χ3n) is 6.53. The van der Waals surface area contributed by atoms with E-state index < -0.39 is 0 Å². The third kappa shape index (κ3) is 3.54. The number of benzene rings is 2. The highest BCUT2D eigenvalue weighted by Crippen LogP contribution is 2.33. The third-order valence-corrected chi connectivity index (χ3v) is 7.32. The molecule has 8 heteroatoms. The number of aromatic amines is 1. The summed E-state index contributed by atoms with van der Waals surface area (Å²) in [7, 11) is 0. The molecular weight excluding hydrogens is 422 g/mol. The van der Waals surface area contributed by atoms with Gasteiger partial charge in [0, 0.05) is 25.4 Å². The minimum Gasteiger partial charge on any atom is -0.342 e. The maximum atomic E-state index is 12.5. The van der Waals surface area contributed by atoms with Crippen molar-refractivity contribution in [1.82, 2.24) is 24.6 Å². The molecule has 1 saturated heterocycles. The van der Waals surface area contributed by atoms with Crippen molar-refractivity contribution in [1.29, 1.82) is 0 Å². The number of aromatic nitrogens is 4. The average molecular weight is 446 g/mol. The van der Waals surface area contributed by atoms with Crippen LogP contribution >= 0.6 is 11.3 Å². The van der Waals surface area contributed by atoms with Crippen LogP contribution in [0.4, 0.5) is 0 Å². The number of hydrogen-bond acceptors (Lipinski definition) is 5. The fraction of sp³-hybridized carbons (Fsp3) is 0.333. The molecule has 4 aromatic rings. The van der Waals surface area contributed by atoms with Crippen LogP contribution in [0, 0.1) is 11.8 Å². The van der Waals surface area contributed by atoms with E-state index in [0.29, 0.717) is 18.2 Å². The first kappa shape index (κ1) is 19.4. The highest BCUT2D eigenvalue weighted by molar-refractivity contribution is 7.16. The highest BCUT2D eigenvalue weighted by atomic mass is 32.1. The fourth-order valence-electron chi connectivity index (χ4n) is 4.62. The number of rotatable bonds is 5. The maximum Gasteiger partial charge on any atom is 0.347 e. The van der Waals surface area contributed by atoms with Gasteiger partial charge in [-0.25, -0.2) is 19.4 Å². The molecular formula is C24H23N5O2S. The molecule has 1 unspecified atom stereocenters. The summed E-state index contributed by atoms with van der Waals surface area (Å²) in [5.41, 5.74) is 5.64. The predicted octanol–water partition coefficient (Wildman–Crippen LogP) is 3.64. The first-order valence-corrected chi connectivity index (χ1v) is 11.9. The number of nitrogens with one attached hydrogen (secondary N) is 1. The molecule has 0 bridgehead atoms. The zero-order valence-corrected chi connectivity index (χ0v) is 18.3. The number of H-pyrrole nitrogens is 1. The molecule has 6 rings (SSSR count). The molecule has 3 heterocycles. The van der Waals surface area contributed by atoms with Gasteiger partial charge in [0.2, 0.25) is 5.91 Å². The molecule has 1 saturated carbocycles. The van der Waals surface area contributed by atoms with E-state index in [4.69, 9.17) is 0 Å². The maximum absolute atomic E-state index is 12.5. The van der Waals surface area contributed by atoms with E-state index in [2.05, 4.69) is 27.3 Å². The number of thiazole rings is 1. The summed E-state index contributed by atoms with van der Waals surface area (Å²) in [6.07, 6.45) is 3.70. The zero-order valence-electron chi connectivity index (χ0n) is 17.5. The van der Waals surface area contributed by atoms with E-state index in [1.807, 2.05) is 40.7 Å². The van der Waals surface area contributed by atoms with Crippen molar-refractivity contribution in [2.45, 2.75) is 25.7 Å². The molecule has 2 aromatic carbocycles. The number of likely N-dealkylation sites (tertiary alicyclic amines) is 1. The second-order valence-corrected chi connectivity index (χ2v) is 9.67. The number of carbonyl (C=O) groups is 1. The SMILES string of the molecule is O=C(C1CC1)N1CCC(Cc2n[nH]c(=O)n2-c2ccc(-c3ccc4ncsc4c3)cc2)C1. The van der Waals surface area contributed by atoms with Crippen LogP contribution in [0.25, 0.3) is 27.0 Å². The summed E-state index contributed by atoms with van der Waals surface area (Å²) in [6, 6.07) is 14.2. The lowest BCUT2D eigenvalue weighted by Crippen LogP contribution is -2.30. The van der Waals surface area contributed by atoms with Crippen LogP contribution in [0.15, 0.2) is 52.8 Å². The molecule has 2 aliphatic rings. The molecule has 7 nitrogen and oxygen atoms in total. The van der Waals surface area contributed by atoms with E-state index >= 15 is 0 Å². The first-order valence-electron chi connectivity index (χ1n) is 11.0. The molecule has 0 spiro atoms. The lowest BCUT2D eigenvalue weighted by atomic mass is 10.0. The van der Waals surface area contributed by atoms with Crippen LogP contribution in [0.5, 0.6) is 0 Å². The molecule has 1 N–H and O–H groups in total. The number of nitrogens with zero attached hydrogens (tertiary/aromatic N) is 4. The molecule has 1 aliphatic carbocycles. The zero-order chi connectivity index (χ0) is 21.7. The summed E-state index contributed by atoms with van der Waals surface area (Å²) >= 11 is 1.63. The number of fused-ring (bicyclic) bond motifs is 1. The molecule has 2 fully saturated rings. The second kappa shape index (κ2) is 7.70. The van der Waals surface area contributed by atoms with Crippen molar-refractivity contribution in [2.24, 2.45) is 11.8 Å². The topological polar surface area (TPSA) is 83.9 Å². The number of amides is 1. The Morgan fingerprint density at radius 1 is 1.09 bits per heavy atom. The lowest BCUT2D eigenvalue weighted by molar-refractivity contribution is -0.131. The Bertz CT molecular complexity index is 1350. The van der Waals surface area contributed by atoms with Crippen LogP contribution in [0.3, 0.4) is 0 Å². The molecule has 1 amide bonds. The van der Waals surface area contributed by atoms with Gasteiger partial charge < -0.3 is 4.90 Å². The monoisotopic (exact) mass is 445 g/mol. The Hall–Kier alpha value is -3.26. The van der Waals surface area contributed by atoms with Crippen molar-refractivity contribution >= 4 is 27.5 Å². The van der Waals surface area contributed by atoms with Gasteiger partial charge in [0.25, 0.3) is 0 Å². The summed E-state index contributed by atoms with van der Waals surface area (Å²) < 4.78 is 2.81. The van der Waals surface area contributed by atoms with Crippen LogP contribution in [0.1, 0.15) is 25.1 Å². The minimum atomic E-state index is -0.234. The largest absolute Gasteiger partial charge is 0.347 e. The molecule has 162 valence electrons. The number of hydrogen-bond donors (Lipinski definition) is 1. The Morgan fingerprint density at radius 2 is 1.91 bits per heavy atom. The Morgan fingerprint density at radius 3 is 2.72 bits per heavy atom. The Kier molecular flexibility index (Phi) is 4.68. The summed E-state index contributed by atoms with van der Waals surface area (Å²) in [4.78, 5) is 31.2. The first-order chi connectivity index (χ1) is 15.7. The van der Waals surface area contributed by atoms with Crippen LogP contribution in [-0.2, 0) is 11.2 Å². The summed E-state index contributed by atoms with van der Waals surface area (Å²) in [5, 5.41) is 6.90. The van der Waals surface area contributed by atoms with Crippen LogP contribution in [0.2, 0.25) is 0 Å². The van der Waals surface area contributed by atoms with Gasteiger partial charge >= 0.3 is 5.69 Å². The average Bonchev–Trinajstić information content (AvgIpc) is 3.20. The molecule has 2 aromatic heterocycles. The number of carbonyl (C=O) groups excluding carboxylic acids is 1. The van der Waals surface area contributed by atoms with Gasteiger partial charge in [-0.05, 0) is 60.6 Å². The quantitative estimate of drug-likeness (QED) is 0.508. The van der Waals surface area contributed by atoms with Crippen molar-refractivity contribution < 1.29 is 4.79 Å². The van der Waals surface area contributed by atoms with Gasteiger partial charge in [-0.3, -0.25) is 4.79 Å². The lowest BCUT2D eigenvalue weighted by Gasteiger charge is -2.16. The molecule has 32 heavy (non-hydrogen) atoms. The smallest absolute Gasteiger partial charge is 0.342 e. The van der Waals surface area contributed by atoms with Crippen molar-refractivity contribution in [2.75, 3.05) is 13.1 Å². The molecule has 0 radical (unpaired) electrons. The van der Waals surface area contributed by atoms with Crippen LogP contribution in [-0.4, -0.2) is 43.6 Å². The van der Waals surface area contributed by atoms with Crippen molar-refractivity contribution in [3.05, 3.63) is 64.3 Å². The van der Waals surface area contributed by atoms with Crippen LogP contribution < -0.4 is 5.69 Å². The fourth-order valence-corrected chi connectivity index (χ4v) is 5.33. The van der Waals surface area contributed by atoms with E-state index in [0.717, 1.165) is 65.2 Å². The van der Waals surface area contributed by atoms with Gasteiger partial charge in [-0.2, -0.15) is 5.10 Å². The highest BCUT2D eigenvalue weighted by Gasteiger charge is 2.36. The van der Waals surface area contributed by atoms with E-state index in [9.17, 15) is 9.59 Å². The molecule has 1 aliphatic heterocycles. The normalized spacial score (nSPS) is 18.5. The van der Waals surface area contributed by atoms with E-state index in [1.54, 1.807) is 15.9 Å². The second-order valence-electron chi connectivity index (χ2n) is 8.78. The predicted molar refractivity (Wildman–Crippen MR) is 124 cm³/mol. The summed E-state index contributed by atoms with van der Waals surface area (Å²) in [6.45, 7) is 1.57. The van der Waals surface area contributed by atoms with Gasteiger partial charge in [0.05, 0.1) is 21.4 Å².